The molecule has 3 N–H and O–H groups in total. The topological polar surface area (TPSA) is 79.4 Å². The number of anilines is 1. The second-order valence-electron chi connectivity index (χ2n) is 6.49. The second kappa shape index (κ2) is 10.4. The third kappa shape index (κ3) is 6.14. The number of aliphatic imine (C=N–C) groups is 1. The molecule has 0 bridgehead atoms. The van der Waals surface area contributed by atoms with Gasteiger partial charge in [0.15, 0.2) is 5.82 Å². The van der Waals surface area contributed by atoms with Crippen molar-refractivity contribution in [3.8, 4) is 0 Å². The van der Waals surface area contributed by atoms with E-state index in [-0.39, 0.29) is 5.92 Å². The van der Waals surface area contributed by atoms with Gasteiger partial charge in [0.05, 0.1) is 17.6 Å². The molecule has 0 radical (unpaired) electrons. The molecule has 2 rings (SSSR count). The maximum atomic E-state index is 4.39. The van der Waals surface area contributed by atoms with Crippen LogP contribution in [-0.4, -0.2) is 55.6 Å². The van der Waals surface area contributed by atoms with E-state index in [9.17, 15) is 0 Å². The second-order valence-corrected chi connectivity index (χ2v) is 6.49. The van der Waals surface area contributed by atoms with Crippen molar-refractivity contribution in [2.45, 2.75) is 12.8 Å². The zero-order valence-corrected chi connectivity index (χ0v) is 16.6. The van der Waals surface area contributed by atoms with Crippen molar-refractivity contribution in [2.24, 2.45) is 10.9 Å². The quantitative estimate of drug-likeness (QED) is 0.368. The van der Waals surface area contributed by atoms with Crippen LogP contribution in [0.4, 0.5) is 11.5 Å². The monoisotopic (exact) mass is 369 g/mol. The summed E-state index contributed by atoms with van der Waals surface area (Å²) >= 11 is 0. The van der Waals surface area contributed by atoms with Crippen LogP contribution in [0.5, 0.6) is 0 Å². The van der Waals surface area contributed by atoms with Crippen molar-refractivity contribution in [2.75, 3.05) is 39.5 Å². The Balaban J connectivity index is 2.26. The molecular weight excluding hydrogens is 338 g/mol. The van der Waals surface area contributed by atoms with Crippen LogP contribution in [-0.2, 0) is 0 Å². The Bertz CT molecular complexity index is 727. The van der Waals surface area contributed by atoms with Crippen molar-refractivity contribution in [3.05, 3.63) is 48.6 Å². The molecule has 7 heteroatoms. The average Bonchev–Trinajstić information content (AvgIpc) is 3.40. The van der Waals surface area contributed by atoms with E-state index in [1.807, 2.05) is 39.7 Å². The van der Waals surface area contributed by atoms with Gasteiger partial charge in [0.1, 0.15) is 0 Å². The maximum absolute atomic E-state index is 4.39. The molecule has 27 heavy (non-hydrogen) atoms. The minimum Gasteiger partial charge on any atom is -0.384 e. The Hall–Kier alpha value is -2.80. The van der Waals surface area contributed by atoms with Crippen molar-refractivity contribution in [1.29, 1.82) is 0 Å². The standard InChI is InChI=1S/C20H31N7/c1-6-26(5)15-17(12-18-13-24-18)16(8-7-10-21-2)9-11-27-20(23-4)19(22-3)14-25-27/h6,9,11-14,16,21-22,24H,1,4,7-8,10,15H2,2-3,5H3/b11-9-,17-12+. The molecule has 0 saturated heterocycles. The Labute approximate surface area is 162 Å². The molecule has 0 aliphatic carbocycles. The molecule has 146 valence electrons. The summed E-state index contributed by atoms with van der Waals surface area (Å²) in [7, 11) is 5.87. The van der Waals surface area contributed by atoms with Gasteiger partial charge in [0.2, 0.25) is 0 Å². The van der Waals surface area contributed by atoms with E-state index in [0.29, 0.717) is 5.82 Å². The van der Waals surface area contributed by atoms with Crippen molar-refractivity contribution >= 4 is 24.4 Å². The normalized spacial score (nSPS) is 14.5. The lowest BCUT2D eigenvalue weighted by Gasteiger charge is -2.22. The number of rotatable bonds is 13. The first-order valence-electron chi connectivity index (χ1n) is 9.17. The molecule has 1 unspecified atom stereocenters. The molecule has 2 heterocycles. The summed E-state index contributed by atoms with van der Waals surface area (Å²) < 4.78 is 1.76. The number of hydrogen-bond acceptors (Lipinski definition) is 6. The highest BCUT2D eigenvalue weighted by Gasteiger charge is 2.16. The van der Waals surface area contributed by atoms with Gasteiger partial charge >= 0.3 is 0 Å². The molecule has 1 atom stereocenters. The Morgan fingerprint density at radius 3 is 2.85 bits per heavy atom. The average molecular weight is 370 g/mol. The Morgan fingerprint density at radius 2 is 2.26 bits per heavy atom. The van der Waals surface area contributed by atoms with Gasteiger partial charge in [-0.1, -0.05) is 12.7 Å². The molecule has 0 fully saturated rings. The van der Waals surface area contributed by atoms with E-state index < -0.39 is 0 Å². The summed E-state index contributed by atoms with van der Waals surface area (Å²) in [6.45, 7) is 9.34. The molecule has 7 nitrogen and oxygen atoms in total. The van der Waals surface area contributed by atoms with E-state index in [1.165, 1.54) is 11.3 Å². The van der Waals surface area contributed by atoms with Gasteiger partial charge in [-0.15, -0.1) is 0 Å². The summed E-state index contributed by atoms with van der Waals surface area (Å²) in [5.41, 5.74) is 3.35. The first-order chi connectivity index (χ1) is 13.1. The maximum Gasteiger partial charge on any atom is 0.177 e. The van der Waals surface area contributed by atoms with Crippen LogP contribution in [0, 0.1) is 5.92 Å². The third-order valence-electron chi connectivity index (χ3n) is 4.46. The molecule has 1 aliphatic rings. The SMILES string of the molecule is C=CN(C)C/C(=C\C1=CN1)C(/C=C\n1ncc(NC)c1N=C)CCCNC. The number of hydrogen-bond donors (Lipinski definition) is 3. The van der Waals surface area contributed by atoms with Crippen LogP contribution in [0.1, 0.15) is 12.8 Å². The van der Waals surface area contributed by atoms with Crippen molar-refractivity contribution < 1.29 is 0 Å². The molecule has 0 amide bonds. The fourth-order valence-corrected chi connectivity index (χ4v) is 2.84. The van der Waals surface area contributed by atoms with Gasteiger partial charge in [-0.05, 0) is 51.0 Å². The largest absolute Gasteiger partial charge is 0.384 e. The predicted octanol–water partition coefficient (Wildman–Crippen LogP) is 2.79. The molecular formula is C20H31N7. The van der Waals surface area contributed by atoms with Crippen LogP contribution < -0.4 is 16.0 Å². The molecule has 0 aromatic carbocycles. The summed E-state index contributed by atoms with van der Waals surface area (Å²) in [5, 5.41) is 13.9. The first-order valence-corrected chi connectivity index (χ1v) is 9.17. The summed E-state index contributed by atoms with van der Waals surface area (Å²) in [4.78, 5) is 6.19. The lowest BCUT2D eigenvalue weighted by molar-refractivity contribution is 0.466. The van der Waals surface area contributed by atoms with Crippen LogP contribution in [0.15, 0.2) is 53.6 Å². The minimum absolute atomic E-state index is 0.281. The molecule has 0 spiro atoms. The van der Waals surface area contributed by atoms with Gasteiger partial charge in [0.25, 0.3) is 0 Å². The Morgan fingerprint density at radius 1 is 1.48 bits per heavy atom. The van der Waals surface area contributed by atoms with Gasteiger partial charge in [-0.2, -0.15) is 5.10 Å². The highest BCUT2D eigenvalue weighted by molar-refractivity contribution is 5.65. The van der Waals surface area contributed by atoms with Gasteiger partial charge in [-0.25, -0.2) is 9.67 Å². The molecule has 0 saturated carbocycles. The van der Waals surface area contributed by atoms with Gasteiger partial charge in [0, 0.05) is 39.0 Å². The van der Waals surface area contributed by atoms with Crippen LogP contribution in [0.3, 0.4) is 0 Å². The highest BCUT2D eigenvalue weighted by Crippen LogP contribution is 2.26. The number of allylic oxidation sites excluding steroid dienone is 2. The van der Waals surface area contributed by atoms with Gasteiger partial charge < -0.3 is 20.9 Å². The molecule has 1 aliphatic heterocycles. The number of nitrogens with one attached hydrogen (secondary N) is 3. The molecule has 1 aromatic rings. The van der Waals surface area contributed by atoms with E-state index in [0.717, 1.165) is 31.6 Å². The van der Waals surface area contributed by atoms with Gasteiger partial charge in [-0.3, -0.25) is 0 Å². The third-order valence-corrected chi connectivity index (χ3v) is 4.46. The zero-order chi connectivity index (χ0) is 19.6. The lowest BCUT2D eigenvalue weighted by atomic mass is 9.92. The number of aromatic nitrogens is 2. The Kier molecular flexibility index (Phi) is 7.88. The summed E-state index contributed by atoms with van der Waals surface area (Å²) in [6.07, 6.45) is 14.1. The number of nitrogens with zero attached hydrogens (tertiary/aromatic N) is 4. The van der Waals surface area contributed by atoms with Crippen LogP contribution in [0.2, 0.25) is 0 Å². The zero-order valence-electron chi connectivity index (χ0n) is 16.6. The van der Waals surface area contributed by atoms with Crippen LogP contribution >= 0.6 is 0 Å². The van der Waals surface area contributed by atoms with Crippen molar-refractivity contribution in [1.82, 2.24) is 25.3 Å². The van der Waals surface area contributed by atoms with E-state index in [4.69, 9.17) is 0 Å². The van der Waals surface area contributed by atoms with Crippen LogP contribution in [0.25, 0.3) is 6.20 Å². The summed E-state index contributed by atoms with van der Waals surface area (Å²) in [5.74, 6) is 0.993. The predicted molar refractivity (Wildman–Crippen MR) is 115 cm³/mol. The fourth-order valence-electron chi connectivity index (χ4n) is 2.84. The number of likely N-dealkylation sites (N-methyl/N-ethyl adjacent to an activating group) is 1. The minimum atomic E-state index is 0.281. The lowest BCUT2D eigenvalue weighted by Crippen LogP contribution is -2.19. The summed E-state index contributed by atoms with van der Waals surface area (Å²) in [6, 6.07) is 0. The van der Waals surface area contributed by atoms with Crippen molar-refractivity contribution in [3.63, 3.8) is 0 Å². The van der Waals surface area contributed by atoms with E-state index >= 15 is 0 Å². The smallest absolute Gasteiger partial charge is 0.177 e. The first kappa shape index (κ1) is 20.5. The fraction of sp³-hybridized carbons (Fsp3) is 0.400. The van der Waals surface area contributed by atoms with E-state index in [2.05, 4.69) is 56.4 Å². The van der Waals surface area contributed by atoms with E-state index in [1.54, 1.807) is 10.9 Å². The molecule has 1 aromatic heterocycles. The highest BCUT2D eigenvalue weighted by atomic mass is 15.3.